The largest absolute Gasteiger partial charge is 0.394 e. The lowest BCUT2D eigenvalue weighted by molar-refractivity contribution is -0.118. The number of hydrogen-bond donors (Lipinski definition) is 2. The highest BCUT2D eigenvalue weighted by Gasteiger charge is 2.30. The van der Waals surface area contributed by atoms with Crippen LogP contribution >= 0.6 is 0 Å². The Balaban J connectivity index is 2.28. The van der Waals surface area contributed by atoms with Crippen LogP contribution in [0.3, 0.4) is 0 Å². The summed E-state index contributed by atoms with van der Waals surface area (Å²) < 4.78 is 0. The van der Waals surface area contributed by atoms with E-state index >= 15 is 0 Å². The monoisotopic (exact) mass is 193 g/mol. The van der Waals surface area contributed by atoms with Gasteiger partial charge in [0.2, 0.25) is 5.91 Å². The molecule has 1 aliphatic carbocycles. The van der Waals surface area contributed by atoms with Crippen molar-refractivity contribution in [3.63, 3.8) is 0 Å². The van der Waals surface area contributed by atoms with Crippen LogP contribution in [0.4, 0.5) is 0 Å². The average Bonchev–Trinajstić information content (AvgIpc) is 2.87. The molecule has 3 nitrogen and oxygen atoms in total. The third-order valence-corrected chi connectivity index (χ3v) is 3.00. The van der Waals surface area contributed by atoms with Crippen LogP contribution in [-0.4, -0.2) is 23.7 Å². The van der Waals surface area contributed by atoms with E-state index in [-0.39, 0.29) is 18.6 Å². The molecule has 0 aromatic carbocycles. The molecule has 1 unspecified atom stereocenters. The number of rotatable bonds is 2. The molecule has 0 bridgehead atoms. The molecule has 0 saturated heterocycles. The molecule has 1 heterocycles. The quantitative estimate of drug-likeness (QED) is 0.684. The Labute approximate surface area is 83.5 Å². The summed E-state index contributed by atoms with van der Waals surface area (Å²) in [6, 6.07) is -0.0953. The molecule has 0 fully saturated rings. The summed E-state index contributed by atoms with van der Waals surface area (Å²) in [6.45, 7) is 3.97. The van der Waals surface area contributed by atoms with Crippen LogP contribution < -0.4 is 5.32 Å². The molecule has 1 amide bonds. The summed E-state index contributed by atoms with van der Waals surface area (Å²) in [5, 5.41) is 11.8. The summed E-state index contributed by atoms with van der Waals surface area (Å²) in [6.07, 6.45) is 1.82. The lowest BCUT2D eigenvalue weighted by atomic mass is 9.94. The molecule has 0 aromatic heterocycles. The first-order valence-electron chi connectivity index (χ1n) is 4.94. The van der Waals surface area contributed by atoms with E-state index in [4.69, 9.17) is 5.11 Å². The summed E-state index contributed by atoms with van der Waals surface area (Å²) in [5.74, 6) is -0.0301. The molecule has 1 atom stereocenters. The fraction of sp³-hybridized carbons (Fsp3) is 0.545. The van der Waals surface area contributed by atoms with Crippen molar-refractivity contribution >= 4 is 5.91 Å². The van der Waals surface area contributed by atoms with Crippen LogP contribution in [0.15, 0.2) is 22.3 Å². The van der Waals surface area contributed by atoms with Crippen molar-refractivity contribution in [2.45, 2.75) is 32.7 Å². The van der Waals surface area contributed by atoms with E-state index in [1.807, 2.05) is 6.92 Å². The molecule has 0 aromatic rings. The van der Waals surface area contributed by atoms with Crippen LogP contribution in [0, 0.1) is 0 Å². The van der Waals surface area contributed by atoms with E-state index < -0.39 is 0 Å². The van der Waals surface area contributed by atoms with Crippen LogP contribution in [0.1, 0.15) is 26.7 Å². The minimum Gasteiger partial charge on any atom is -0.394 e. The molecule has 2 aliphatic rings. The van der Waals surface area contributed by atoms with Gasteiger partial charge in [-0.3, -0.25) is 4.79 Å². The van der Waals surface area contributed by atoms with Crippen LogP contribution in [0.5, 0.6) is 0 Å². The fourth-order valence-corrected chi connectivity index (χ4v) is 1.93. The first-order chi connectivity index (χ1) is 6.63. The van der Waals surface area contributed by atoms with Crippen LogP contribution in [-0.2, 0) is 4.79 Å². The normalized spacial score (nSPS) is 26.8. The summed E-state index contributed by atoms with van der Waals surface area (Å²) in [4.78, 5) is 11.5. The standard InChI is InChI=1S/C11H15NO2/c1-6-3-9(6)10-4-8(5-13)12-11(14)7(10)2/h8,13H,3-5H2,1-2H3,(H,12,14). The van der Waals surface area contributed by atoms with Gasteiger partial charge in [0.15, 0.2) is 0 Å². The van der Waals surface area contributed by atoms with Gasteiger partial charge in [-0.1, -0.05) is 5.57 Å². The smallest absolute Gasteiger partial charge is 0.247 e. The average molecular weight is 193 g/mol. The lowest BCUT2D eigenvalue weighted by Gasteiger charge is -2.24. The van der Waals surface area contributed by atoms with Gasteiger partial charge in [-0.15, -0.1) is 0 Å². The first-order valence-corrected chi connectivity index (χ1v) is 4.94. The highest BCUT2D eigenvalue weighted by Crippen LogP contribution is 2.40. The van der Waals surface area contributed by atoms with Gasteiger partial charge >= 0.3 is 0 Å². The van der Waals surface area contributed by atoms with Gasteiger partial charge < -0.3 is 10.4 Å². The highest BCUT2D eigenvalue weighted by atomic mass is 16.3. The van der Waals surface area contributed by atoms with E-state index in [0.717, 1.165) is 24.0 Å². The maximum atomic E-state index is 11.5. The number of hydrogen-bond acceptors (Lipinski definition) is 2. The van der Waals surface area contributed by atoms with Crippen molar-refractivity contribution < 1.29 is 9.90 Å². The SMILES string of the molecule is CC1=C(C2=C(C)C(=O)NC(CO)C2)C1. The number of allylic oxidation sites excluding steroid dienone is 2. The molecule has 76 valence electrons. The zero-order valence-electron chi connectivity index (χ0n) is 8.55. The van der Waals surface area contributed by atoms with Crippen molar-refractivity contribution in [1.82, 2.24) is 5.32 Å². The Kier molecular flexibility index (Phi) is 2.19. The number of aliphatic hydroxyl groups excluding tert-OH is 1. The summed E-state index contributed by atoms with van der Waals surface area (Å²) >= 11 is 0. The van der Waals surface area contributed by atoms with Crippen molar-refractivity contribution in [3.8, 4) is 0 Å². The fourth-order valence-electron chi connectivity index (χ4n) is 1.93. The van der Waals surface area contributed by atoms with Crippen molar-refractivity contribution in [1.29, 1.82) is 0 Å². The Hall–Kier alpha value is -1.09. The predicted octanol–water partition coefficient (Wildman–Crippen LogP) is 0.904. The number of amides is 1. The minimum atomic E-state index is -0.0953. The van der Waals surface area contributed by atoms with Crippen LogP contribution in [0.2, 0.25) is 0 Å². The van der Waals surface area contributed by atoms with E-state index in [1.165, 1.54) is 11.1 Å². The number of carbonyl (C=O) groups excluding carboxylic acids is 1. The highest BCUT2D eigenvalue weighted by molar-refractivity contribution is 5.96. The zero-order valence-corrected chi connectivity index (χ0v) is 8.55. The van der Waals surface area contributed by atoms with E-state index in [1.54, 1.807) is 0 Å². The second kappa shape index (κ2) is 3.24. The predicted molar refractivity (Wildman–Crippen MR) is 53.7 cm³/mol. The molecular weight excluding hydrogens is 178 g/mol. The Morgan fingerprint density at radius 1 is 1.43 bits per heavy atom. The van der Waals surface area contributed by atoms with E-state index in [9.17, 15) is 4.79 Å². The van der Waals surface area contributed by atoms with Crippen molar-refractivity contribution in [2.24, 2.45) is 0 Å². The second-order valence-electron chi connectivity index (χ2n) is 4.10. The summed E-state index contributed by atoms with van der Waals surface area (Å²) in [5.41, 5.74) is 4.69. The topological polar surface area (TPSA) is 49.3 Å². The molecular formula is C11H15NO2. The number of carbonyl (C=O) groups is 1. The van der Waals surface area contributed by atoms with Gasteiger partial charge in [0, 0.05) is 5.57 Å². The van der Waals surface area contributed by atoms with E-state index in [0.29, 0.717) is 0 Å². The van der Waals surface area contributed by atoms with Gasteiger partial charge in [0.1, 0.15) is 0 Å². The Bertz CT molecular complexity index is 352. The Morgan fingerprint density at radius 3 is 2.57 bits per heavy atom. The molecule has 14 heavy (non-hydrogen) atoms. The molecule has 2 rings (SSSR count). The van der Waals surface area contributed by atoms with Crippen LogP contribution in [0.25, 0.3) is 0 Å². The Morgan fingerprint density at radius 2 is 2.07 bits per heavy atom. The number of aliphatic hydroxyl groups is 1. The van der Waals surface area contributed by atoms with Gasteiger partial charge in [-0.2, -0.15) is 0 Å². The summed E-state index contributed by atoms with van der Waals surface area (Å²) in [7, 11) is 0. The van der Waals surface area contributed by atoms with Gasteiger partial charge in [0.05, 0.1) is 12.6 Å². The number of nitrogens with one attached hydrogen (secondary N) is 1. The van der Waals surface area contributed by atoms with Gasteiger partial charge in [-0.25, -0.2) is 0 Å². The molecule has 3 heteroatoms. The third-order valence-electron chi connectivity index (χ3n) is 3.00. The molecule has 0 radical (unpaired) electrons. The molecule has 1 aliphatic heterocycles. The zero-order chi connectivity index (χ0) is 10.3. The van der Waals surface area contributed by atoms with Gasteiger partial charge in [-0.05, 0) is 37.8 Å². The van der Waals surface area contributed by atoms with Gasteiger partial charge in [0.25, 0.3) is 0 Å². The first kappa shape index (κ1) is 9.46. The van der Waals surface area contributed by atoms with Crippen molar-refractivity contribution in [2.75, 3.05) is 6.61 Å². The lowest BCUT2D eigenvalue weighted by Crippen LogP contribution is -2.42. The minimum absolute atomic E-state index is 0.0227. The molecule has 2 N–H and O–H groups in total. The maximum Gasteiger partial charge on any atom is 0.247 e. The van der Waals surface area contributed by atoms with Crippen molar-refractivity contribution in [3.05, 3.63) is 22.3 Å². The molecule has 0 spiro atoms. The third kappa shape index (κ3) is 1.48. The molecule has 0 saturated carbocycles. The second-order valence-corrected chi connectivity index (χ2v) is 4.10. The van der Waals surface area contributed by atoms with E-state index in [2.05, 4.69) is 12.2 Å². The maximum absolute atomic E-state index is 11.5.